The fourth-order valence-corrected chi connectivity index (χ4v) is 2.35. The summed E-state index contributed by atoms with van der Waals surface area (Å²) in [6, 6.07) is 7.40. The topological polar surface area (TPSA) is 70.7 Å². The molecule has 6 heteroatoms. The molecule has 0 unspecified atom stereocenters. The minimum Gasteiger partial charge on any atom is -0.347 e. The lowest BCUT2D eigenvalue weighted by Crippen LogP contribution is -2.22. The van der Waals surface area contributed by atoms with Crippen molar-refractivity contribution in [3.63, 3.8) is 0 Å². The molecule has 3 rings (SSSR count). The zero-order valence-electron chi connectivity index (χ0n) is 10.5. The van der Waals surface area contributed by atoms with E-state index in [4.69, 9.17) is 0 Å². The number of carbonyl (C=O) groups excluding carboxylic acids is 1. The molecule has 3 aromatic rings. The molecule has 2 heterocycles. The van der Waals surface area contributed by atoms with E-state index in [-0.39, 0.29) is 5.91 Å². The number of nitrogens with one attached hydrogen (secondary N) is 2. The Morgan fingerprint density at radius 2 is 2.05 bits per heavy atom. The second-order valence-electron chi connectivity index (χ2n) is 4.19. The first-order valence-corrected chi connectivity index (χ1v) is 6.95. The van der Waals surface area contributed by atoms with Crippen molar-refractivity contribution in [3.05, 3.63) is 58.9 Å². The Hall–Kier alpha value is -2.47. The number of H-pyrrole nitrogens is 1. The van der Waals surface area contributed by atoms with Crippen molar-refractivity contribution in [2.24, 2.45) is 0 Å². The number of rotatable bonds is 4. The summed E-state index contributed by atoms with van der Waals surface area (Å²) in [5, 5.41) is 2.87. The van der Waals surface area contributed by atoms with E-state index in [1.165, 1.54) is 11.3 Å². The summed E-state index contributed by atoms with van der Waals surface area (Å²) in [5.74, 6) is -0.0884. The molecule has 5 nitrogen and oxygen atoms in total. The molecule has 1 aromatic carbocycles. The lowest BCUT2D eigenvalue weighted by Gasteiger charge is -2.04. The van der Waals surface area contributed by atoms with Gasteiger partial charge in [0.1, 0.15) is 0 Å². The second kappa shape index (κ2) is 5.66. The van der Waals surface area contributed by atoms with Crippen LogP contribution in [0, 0.1) is 0 Å². The monoisotopic (exact) mass is 284 g/mol. The van der Waals surface area contributed by atoms with E-state index in [1.54, 1.807) is 36.4 Å². The van der Waals surface area contributed by atoms with Gasteiger partial charge in [-0.2, -0.15) is 0 Å². The van der Waals surface area contributed by atoms with E-state index in [9.17, 15) is 4.79 Å². The predicted octanol–water partition coefficient (Wildman–Crippen LogP) is 2.46. The van der Waals surface area contributed by atoms with Crippen LogP contribution in [-0.2, 0) is 6.54 Å². The highest BCUT2D eigenvalue weighted by atomic mass is 32.1. The van der Waals surface area contributed by atoms with Gasteiger partial charge in [-0.1, -0.05) is 12.1 Å². The van der Waals surface area contributed by atoms with E-state index in [1.807, 2.05) is 12.1 Å². The fourth-order valence-electron chi connectivity index (χ4n) is 1.81. The van der Waals surface area contributed by atoms with Crippen molar-refractivity contribution in [2.75, 3.05) is 0 Å². The highest BCUT2D eigenvalue weighted by molar-refractivity contribution is 7.09. The molecule has 0 radical (unpaired) electrons. The van der Waals surface area contributed by atoms with Crippen molar-refractivity contribution < 1.29 is 4.79 Å². The van der Waals surface area contributed by atoms with E-state index < -0.39 is 0 Å². The molecular formula is C14H12N4OS. The number of benzene rings is 1. The Balaban J connectivity index is 1.66. The van der Waals surface area contributed by atoms with E-state index in [0.717, 1.165) is 16.1 Å². The van der Waals surface area contributed by atoms with Gasteiger partial charge in [0, 0.05) is 16.6 Å². The number of nitrogens with zero attached hydrogens (tertiary/aromatic N) is 2. The Bertz CT molecular complexity index is 675. The van der Waals surface area contributed by atoms with Gasteiger partial charge >= 0.3 is 0 Å². The van der Waals surface area contributed by atoms with Gasteiger partial charge in [0.15, 0.2) is 0 Å². The smallest absolute Gasteiger partial charge is 0.251 e. The summed E-state index contributed by atoms with van der Waals surface area (Å²) < 4.78 is 0. The highest BCUT2D eigenvalue weighted by Gasteiger charge is 2.06. The molecular weight excluding hydrogens is 272 g/mol. The Labute approximate surface area is 119 Å². The molecule has 2 aromatic heterocycles. The number of aromatic amines is 1. The average Bonchev–Trinajstić information content (AvgIpc) is 3.18. The molecule has 0 aliphatic rings. The number of thiazole rings is 1. The van der Waals surface area contributed by atoms with Gasteiger partial charge in [-0.25, -0.2) is 4.98 Å². The quantitative estimate of drug-likeness (QED) is 0.773. The van der Waals surface area contributed by atoms with Crippen LogP contribution in [0.3, 0.4) is 0 Å². The maximum Gasteiger partial charge on any atom is 0.251 e. The van der Waals surface area contributed by atoms with Crippen molar-refractivity contribution >= 4 is 17.2 Å². The lowest BCUT2D eigenvalue weighted by atomic mass is 10.1. The number of aromatic nitrogens is 3. The Morgan fingerprint density at radius 3 is 2.70 bits per heavy atom. The zero-order valence-corrected chi connectivity index (χ0v) is 11.4. The van der Waals surface area contributed by atoms with Crippen molar-refractivity contribution in [1.82, 2.24) is 20.3 Å². The molecule has 2 N–H and O–H groups in total. The maximum absolute atomic E-state index is 12.0. The van der Waals surface area contributed by atoms with Crippen LogP contribution >= 0.6 is 11.3 Å². The third-order valence-corrected chi connectivity index (χ3v) is 3.64. The molecule has 0 aliphatic carbocycles. The summed E-state index contributed by atoms with van der Waals surface area (Å²) in [5.41, 5.74) is 4.32. The standard InChI is InChI=1S/C14H12N4OS/c19-14(17-6-12-5-16-9-20-12)11-3-1-10(2-4-11)13-7-15-8-18-13/h1-5,7-9H,6H2,(H,15,18)(H,17,19). The van der Waals surface area contributed by atoms with Gasteiger partial charge in [-0.05, 0) is 17.7 Å². The van der Waals surface area contributed by atoms with Gasteiger partial charge in [-0.15, -0.1) is 11.3 Å². The third kappa shape index (κ3) is 2.75. The first kappa shape index (κ1) is 12.6. The van der Waals surface area contributed by atoms with Crippen LogP contribution in [0.1, 0.15) is 15.2 Å². The summed E-state index contributed by atoms with van der Waals surface area (Å²) >= 11 is 1.52. The predicted molar refractivity (Wildman–Crippen MR) is 77.3 cm³/mol. The molecule has 1 amide bonds. The van der Waals surface area contributed by atoms with Crippen LogP contribution in [0.4, 0.5) is 0 Å². The molecule has 0 aliphatic heterocycles. The first-order chi connectivity index (χ1) is 9.83. The molecule has 20 heavy (non-hydrogen) atoms. The first-order valence-electron chi connectivity index (χ1n) is 6.07. The number of hydrogen-bond donors (Lipinski definition) is 2. The number of amides is 1. The highest BCUT2D eigenvalue weighted by Crippen LogP contribution is 2.16. The molecule has 100 valence electrons. The van der Waals surface area contributed by atoms with Gasteiger partial charge in [0.2, 0.25) is 0 Å². The second-order valence-corrected chi connectivity index (χ2v) is 5.16. The van der Waals surface area contributed by atoms with Gasteiger partial charge < -0.3 is 10.3 Å². The SMILES string of the molecule is O=C(NCc1cncs1)c1ccc(-c2cnc[nH]2)cc1. The summed E-state index contributed by atoms with van der Waals surface area (Å²) in [6.45, 7) is 0.506. The van der Waals surface area contributed by atoms with Gasteiger partial charge in [0.05, 0.1) is 30.3 Å². The average molecular weight is 284 g/mol. The molecule has 0 saturated heterocycles. The largest absolute Gasteiger partial charge is 0.347 e. The minimum absolute atomic E-state index is 0.0884. The number of carbonyl (C=O) groups is 1. The van der Waals surface area contributed by atoms with E-state index in [2.05, 4.69) is 20.3 Å². The van der Waals surface area contributed by atoms with Crippen molar-refractivity contribution in [1.29, 1.82) is 0 Å². The number of hydrogen-bond acceptors (Lipinski definition) is 4. The minimum atomic E-state index is -0.0884. The van der Waals surface area contributed by atoms with Crippen molar-refractivity contribution in [3.8, 4) is 11.3 Å². The van der Waals surface area contributed by atoms with Crippen molar-refractivity contribution in [2.45, 2.75) is 6.54 Å². The van der Waals surface area contributed by atoms with Crippen LogP contribution in [-0.4, -0.2) is 20.9 Å². The van der Waals surface area contributed by atoms with Gasteiger partial charge in [0.25, 0.3) is 5.91 Å². The zero-order chi connectivity index (χ0) is 13.8. The lowest BCUT2D eigenvalue weighted by molar-refractivity contribution is 0.0951. The van der Waals surface area contributed by atoms with Crippen LogP contribution in [0.5, 0.6) is 0 Å². The van der Waals surface area contributed by atoms with Crippen LogP contribution in [0.25, 0.3) is 11.3 Å². The Morgan fingerprint density at radius 1 is 1.20 bits per heavy atom. The molecule has 0 saturated carbocycles. The van der Waals surface area contributed by atoms with E-state index in [0.29, 0.717) is 12.1 Å². The van der Waals surface area contributed by atoms with Crippen LogP contribution in [0.15, 0.2) is 48.5 Å². The molecule has 0 atom stereocenters. The maximum atomic E-state index is 12.0. The third-order valence-electron chi connectivity index (χ3n) is 2.86. The fraction of sp³-hybridized carbons (Fsp3) is 0.0714. The van der Waals surface area contributed by atoms with Crippen LogP contribution in [0.2, 0.25) is 0 Å². The van der Waals surface area contributed by atoms with Crippen LogP contribution < -0.4 is 5.32 Å². The Kier molecular flexibility index (Phi) is 3.56. The molecule has 0 bridgehead atoms. The summed E-state index contributed by atoms with van der Waals surface area (Å²) in [7, 11) is 0. The molecule has 0 spiro atoms. The normalized spacial score (nSPS) is 10.4. The molecule has 0 fully saturated rings. The summed E-state index contributed by atoms with van der Waals surface area (Å²) in [4.78, 5) is 24.0. The number of imidazole rings is 1. The summed E-state index contributed by atoms with van der Waals surface area (Å²) in [6.07, 6.45) is 5.14. The van der Waals surface area contributed by atoms with E-state index >= 15 is 0 Å². The van der Waals surface area contributed by atoms with Gasteiger partial charge in [-0.3, -0.25) is 9.78 Å².